The van der Waals surface area contributed by atoms with Crippen LogP contribution in [0.4, 0.5) is 5.69 Å². The Hall–Kier alpha value is -3.36. The van der Waals surface area contributed by atoms with Crippen molar-refractivity contribution >= 4 is 28.4 Å². The number of aromatic nitrogens is 1. The Bertz CT molecular complexity index is 1200. The summed E-state index contributed by atoms with van der Waals surface area (Å²) in [6.45, 7) is 0.106. The smallest absolute Gasteiger partial charge is 0.246 e. The van der Waals surface area contributed by atoms with Crippen LogP contribution in [0.25, 0.3) is 10.9 Å². The third-order valence-electron chi connectivity index (χ3n) is 6.71. The van der Waals surface area contributed by atoms with Crippen LogP contribution in [0.3, 0.4) is 0 Å². The van der Waals surface area contributed by atoms with Gasteiger partial charge in [-0.2, -0.15) is 0 Å². The van der Waals surface area contributed by atoms with Crippen molar-refractivity contribution in [1.29, 1.82) is 0 Å². The second-order valence-electron chi connectivity index (χ2n) is 8.55. The van der Waals surface area contributed by atoms with Gasteiger partial charge in [0.05, 0.1) is 11.7 Å². The summed E-state index contributed by atoms with van der Waals surface area (Å²) in [7, 11) is 0. The van der Waals surface area contributed by atoms with Crippen LogP contribution in [0.2, 0.25) is 0 Å². The maximum atomic E-state index is 13.4. The first-order valence-corrected chi connectivity index (χ1v) is 10.5. The fourth-order valence-corrected chi connectivity index (χ4v) is 5.11. The van der Waals surface area contributed by atoms with Gasteiger partial charge < -0.3 is 25.2 Å². The van der Waals surface area contributed by atoms with Crippen LogP contribution in [0.1, 0.15) is 35.7 Å². The molecule has 1 saturated carbocycles. The predicted molar refractivity (Wildman–Crippen MR) is 113 cm³/mol. The lowest BCUT2D eigenvalue weighted by molar-refractivity contribution is -0.159. The lowest BCUT2D eigenvalue weighted by Crippen LogP contribution is -2.63. The molecule has 2 aromatic carbocycles. The number of amides is 2. The van der Waals surface area contributed by atoms with Gasteiger partial charge in [0.15, 0.2) is 0 Å². The molecule has 2 amide bonds. The van der Waals surface area contributed by atoms with Crippen LogP contribution in [0, 0.1) is 5.21 Å². The molecule has 3 aliphatic rings. The highest BCUT2D eigenvalue weighted by Gasteiger charge is 2.50. The molecule has 3 aromatic rings. The van der Waals surface area contributed by atoms with E-state index in [2.05, 4.69) is 4.98 Å². The first-order valence-electron chi connectivity index (χ1n) is 10.5. The highest BCUT2D eigenvalue weighted by Crippen LogP contribution is 2.44. The number of benzene rings is 2. The van der Waals surface area contributed by atoms with Gasteiger partial charge in [0.25, 0.3) is 0 Å². The first-order chi connectivity index (χ1) is 15.0. The van der Waals surface area contributed by atoms with Crippen molar-refractivity contribution in [2.75, 3.05) is 11.8 Å². The Balaban J connectivity index is 1.52. The average Bonchev–Trinajstić information content (AvgIpc) is 3.55. The van der Waals surface area contributed by atoms with Gasteiger partial charge >= 0.3 is 0 Å². The van der Waals surface area contributed by atoms with Crippen LogP contribution in [0.5, 0.6) is 0 Å². The van der Waals surface area contributed by atoms with Crippen LogP contribution in [-0.4, -0.2) is 50.4 Å². The Kier molecular flexibility index (Phi) is 3.90. The summed E-state index contributed by atoms with van der Waals surface area (Å²) in [6.07, 6.45) is 2.40. The SMILES string of the molecule is O=C1[C@@H]2Cc3c([nH]c4ccccc34)C(c3ccc(N([O-])O)cc3)N2C(=O)CN1C1CC1. The minimum Gasteiger partial charge on any atom is -0.733 e. The van der Waals surface area contributed by atoms with Crippen LogP contribution < -0.4 is 5.23 Å². The van der Waals surface area contributed by atoms with E-state index in [-0.39, 0.29) is 35.3 Å². The average molecular weight is 417 g/mol. The van der Waals surface area contributed by atoms with E-state index in [1.165, 1.54) is 12.1 Å². The minimum absolute atomic E-state index is 0.0146. The molecule has 2 fully saturated rings. The lowest BCUT2D eigenvalue weighted by atomic mass is 9.86. The fourth-order valence-electron chi connectivity index (χ4n) is 5.11. The Morgan fingerprint density at radius 2 is 1.81 bits per heavy atom. The second-order valence-corrected chi connectivity index (χ2v) is 8.55. The van der Waals surface area contributed by atoms with E-state index in [4.69, 9.17) is 0 Å². The number of rotatable bonds is 3. The molecule has 31 heavy (non-hydrogen) atoms. The molecule has 3 heterocycles. The van der Waals surface area contributed by atoms with Crippen molar-refractivity contribution in [2.45, 2.75) is 37.4 Å². The maximum Gasteiger partial charge on any atom is 0.246 e. The quantitative estimate of drug-likeness (QED) is 0.638. The number of carbonyl (C=O) groups excluding carboxylic acids is 2. The molecule has 1 saturated heterocycles. The normalized spacial score (nSPS) is 23.2. The monoisotopic (exact) mass is 417 g/mol. The van der Waals surface area contributed by atoms with Gasteiger partial charge in [-0.25, -0.2) is 0 Å². The molecule has 2 aliphatic heterocycles. The zero-order valence-electron chi connectivity index (χ0n) is 16.7. The van der Waals surface area contributed by atoms with E-state index in [9.17, 15) is 20.0 Å². The number of aromatic amines is 1. The van der Waals surface area contributed by atoms with Crippen molar-refractivity contribution in [3.8, 4) is 0 Å². The van der Waals surface area contributed by atoms with Crippen molar-refractivity contribution in [1.82, 2.24) is 14.8 Å². The number of para-hydroxylation sites is 1. The standard InChI is InChI=1S/C23H21N4O4/c28-20-12-25(14-9-10-14)23(29)19-11-17-16-3-1-2-4-18(16)24-21(17)22(26(19)20)13-5-7-15(8-6-13)27(30)31/h1-8,14,19,22,24,30H,9-12H2/q-1/t19-,22?/m0/s1. The minimum atomic E-state index is -0.549. The number of H-pyrrole nitrogens is 1. The summed E-state index contributed by atoms with van der Waals surface area (Å²) in [5.41, 5.74) is 3.80. The molecule has 158 valence electrons. The number of hydrogen-bond acceptors (Lipinski definition) is 5. The summed E-state index contributed by atoms with van der Waals surface area (Å²) in [5.74, 6) is -0.0526. The summed E-state index contributed by atoms with van der Waals surface area (Å²) in [6, 6.07) is 13.6. The Morgan fingerprint density at radius 1 is 1.06 bits per heavy atom. The molecule has 1 aliphatic carbocycles. The van der Waals surface area contributed by atoms with E-state index in [1.807, 2.05) is 24.3 Å². The van der Waals surface area contributed by atoms with Crippen molar-refractivity contribution < 1.29 is 14.8 Å². The van der Waals surface area contributed by atoms with Gasteiger partial charge in [0, 0.05) is 29.1 Å². The summed E-state index contributed by atoms with van der Waals surface area (Å²) >= 11 is 0. The predicted octanol–water partition coefficient (Wildman–Crippen LogP) is 2.71. The number of hydrogen-bond donors (Lipinski definition) is 2. The zero-order valence-corrected chi connectivity index (χ0v) is 16.7. The number of piperazine rings is 1. The van der Waals surface area contributed by atoms with Gasteiger partial charge in [0.1, 0.15) is 12.6 Å². The third-order valence-corrected chi connectivity index (χ3v) is 6.71. The molecule has 0 spiro atoms. The van der Waals surface area contributed by atoms with Crippen LogP contribution in [-0.2, 0) is 16.0 Å². The molecule has 0 radical (unpaired) electrons. The van der Waals surface area contributed by atoms with Crippen molar-refractivity contribution in [3.05, 3.63) is 70.6 Å². The van der Waals surface area contributed by atoms with Crippen molar-refractivity contribution in [2.24, 2.45) is 0 Å². The van der Waals surface area contributed by atoms with E-state index >= 15 is 0 Å². The molecule has 1 unspecified atom stereocenters. The topological polar surface area (TPSA) is 103 Å². The maximum absolute atomic E-state index is 13.4. The zero-order chi connectivity index (χ0) is 21.3. The molecule has 2 N–H and O–H groups in total. The molecule has 6 rings (SSSR count). The van der Waals surface area contributed by atoms with E-state index in [0.717, 1.165) is 40.6 Å². The summed E-state index contributed by atoms with van der Waals surface area (Å²) in [4.78, 5) is 33.7. The van der Waals surface area contributed by atoms with Gasteiger partial charge in [-0.05, 0) is 42.2 Å². The number of nitrogens with zero attached hydrogens (tertiary/aromatic N) is 3. The summed E-state index contributed by atoms with van der Waals surface area (Å²) < 4.78 is 0. The van der Waals surface area contributed by atoms with E-state index in [0.29, 0.717) is 6.42 Å². The Morgan fingerprint density at radius 3 is 2.52 bits per heavy atom. The molecule has 2 atom stereocenters. The van der Waals surface area contributed by atoms with E-state index in [1.54, 1.807) is 21.9 Å². The van der Waals surface area contributed by atoms with Gasteiger partial charge in [-0.1, -0.05) is 30.3 Å². The second kappa shape index (κ2) is 6.57. The largest absolute Gasteiger partial charge is 0.733 e. The third kappa shape index (κ3) is 2.75. The van der Waals surface area contributed by atoms with Gasteiger partial charge in [-0.3, -0.25) is 14.8 Å². The van der Waals surface area contributed by atoms with E-state index < -0.39 is 12.1 Å². The van der Waals surface area contributed by atoms with Crippen LogP contribution in [0.15, 0.2) is 48.5 Å². The lowest BCUT2D eigenvalue weighted by Gasteiger charge is -2.47. The number of nitrogens with one attached hydrogen (secondary N) is 1. The van der Waals surface area contributed by atoms with Crippen molar-refractivity contribution in [3.63, 3.8) is 0 Å². The molecular weight excluding hydrogens is 396 g/mol. The molecular formula is C23H21N4O4-. The van der Waals surface area contributed by atoms with Gasteiger partial charge in [0.2, 0.25) is 11.8 Å². The fraction of sp³-hybridized carbons (Fsp3) is 0.304. The molecule has 8 nitrogen and oxygen atoms in total. The molecule has 1 aromatic heterocycles. The van der Waals surface area contributed by atoms with Gasteiger partial charge in [-0.15, -0.1) is 0 Å². The molecule has 8 heteroatoms. The highest BCUT2D eigenvalue weighted by atomic mass is 16.8. The summed E-state index contributed by atoms with van der Waals surface area (Å²) in [5, 5.41) is 21.3. The number of carbonyl (C=O) groups is 2. The Labute approximate surface area is 178 Å². The first kappa shape index (κ1) is 18.4. The highest BCUT2D eigenvalue weighted by molar-refractivity contribution is 5.98. The number of fused-ring (bicyclic) bond motifs is 4. The molecule has 0 bridgehead atoms. The number of anilines is 1. The van der Waals surface area contributed by atoms with Crippen LogP contribution >= 0.6 is 0 Å².